The average molecular weight is 329 g/mol. The highest BCUT2D eigenvalue weighted by Gasteiger charge is 2.37. The number of rotatable bonds is 10. The molecule has 1 rings (SSSR count). The molecule has 0 aromatic heterocycles. The Bertz CT molecular complexity index is 401. The predicted octanol–water partition coefficient (Wildman–Crippen LogP) is 0.761. The van der Waals surface area contributed by atoms with Crippen LogP contribution in [0.25, 0.3) is 0 Å². The molecule has 3 amide bonds. The molecule has 0 saturated carbocycles. The fourth-order valence-corrected chi connectivity index (χ4v) is 2.88. The van der Waals surface area contributed by atoms with Crippen molar-refractivity contribution in [3.8, 4) is 0 Å². The topological polar surface area (TPSA) is 78.5 Å². The number of thioether (sulfide) groups is 1. The molecule has 6 nitrogen and oxygen atoms in total. The Balaban J connectivity index is 2.13. The van der Waals surface area contributed by atoms with Crippen LogP contribution in [0.1, 0.15) is 39.5 Å². The fourth-order valence-electron chi connectivity index (χ4n) is 2.24. The van der Waals surface area contributed by atoms with E-state index in [-0.39, 0.29) is 42.4 Å². The summed E-state index contributed by atoms with van der Waals surface area (Å²) in [5, 5.41) is 5.87. The molecule has 1 aliphatic heterocycles. The molecule has 1 fully saturated rings. The van der Waals surface area contributed by atoms with Gasteiger partial charge in [0.1, 0.15) is 0 Å². The Kier molecular flexibility index (Phi) is 8.48. The summed E-state index contributed by atoms with van der Waals surface area (Å²) in [5.41, 5.74) is 0. The first-order chi connectivity index (χ1) is 10.5. The molecular formula is C15H27N3O3S. The summed E-state index contributed by atoms with van der Waals surface area (Å²) < 4.78 is 0. The molecule has 0 bridgehead atoms. The molecule has 7 heteroatoms. The lowest BCUT2D eigenvalue weighted by atomic mass is 10.2. The number of amides is 3. The van der Waals surface area contributed by atoms with Gasteiger partial charge in [0, 0.05) is 32.0 Å². The summed E-state index contributed by atoms with van der Waals surface area (Å²) in [6.45, 7) is 5.97. The zero-order valence-electron chi connectivity index (χ0n) is 13.7. The number of nitrogens with zero attached hydrogens (tertiary/aromatic N) is 1. The molecule has 0 aromatic rings. The number of hydrogen-bond donors (Lipinski definition) is 2. The third kappa shape index (κ3) is 6.36. The smallest absolute Gasteiger partial charge is 0.242 e. The van der Waals surface area contributed by atoms with Crippen LogP contribution >= 0.6 is 11.8 Å². The first-order valence-corrected chi connectivity index (χ1v) is 9.11. The van der Waals surface area contributed by atoms with Crippen LogP contribution in [0.2, 0.25) is 0 Å². The van der Waals surface area contributed by atoms with Crippen LogP contribution in [0.5, 0.6) is 0 Å². The normalized spacial score (nSPS) is 18.4. The fraction of sp³-hybridized carbons (Fsp3) is 0.800. The Labute approximate surface area is 136 Å². The molecule has 1 unspecified atom stereocenters. The minimum atomic E-state index is -0.274. The molecule has 0 radical (unpaired) electrons. The van der Waals surface area contributed by atoms with Crippen molar-refractivity contribution in [3.05, 3.63) is 0 Å². The third-order valence-corrected chi connectivity index (χ3v) is 4.47. The number of carbonyl (C=O) groups is 3. The summed E-state index contributed by atoms with van der Waals surface area (Å²) in [5.74, 6) is -0.438. The van der Waals surface area contributed by atoms with Gasteiger partial charge in [0.2, 0.25) is 17.7 Å². The average Bonchev–Trinajstić information content (AvgIpc) is 2.74. The van der Waals surface area contributed by atoms with Gasteiger partial charge in [-0.2, -0.15) is 11.8 Å². The van der Waals surface area contributed by atoms with E-state index in [4.69, 9.17) is 0 Å². The SMILES string of the molecule is CSC1CC(=O)N(CCC(=O)NCCCCNC(C)C)C1=O. The quantitative estimate of drug-likeness (QED) is 0.457. The van der Waals surface area contributed by atoms with Gasteiger partial charge in [-0.3, -0.25) is 19.3 Å². The number of nitrogens with one attached hydrogen (secondary N) is 2. The van der Waals surface area contributed by atoms with Gasteiger partial charge >= 0.3 is 0 Å². The van der Waals surface area contributed by atoms with Crippen molar-refractivity contribution in [3.63, 3.8) is 0 Å². The molecule has 126 valence electrons. The zero-order chi connectivity index (χ0) is 16.5. The van der Waals surface area contributed by atoms with Crippen molar-refractivity contribution in [2.45, 2.75) is 50.8 Å². The maximum absolute atomic E-state index is 11.9. The van der Waals surface area contributed by atoms with Crippen molar-refractivity contribution in [2.24, 2.45) is 0 Å². The van der Waals surface area contributed by atoms with Gasteiger partial charge < -0.3 is 10.6 Å². The molecule has 1 aliphatic rings. The minimum Gasteiger partial charge on any atom is -0.356 e. The highest BCUT2D eigenvalue weighted by atomic mass is 32.2. The lowest BCUT2D eigenvalue weighted by molar-refractivity contribution is -0.138. The summed E-state index contributed by atoms with van der Waals surface area (Å²) in [6, 6.07) is 0.482. The number of likely N-dealkylation sites (tertiary alicyclic amines) is 1. The molecular weight excluding hydrogens is 302 g/mol. The van der Waals surface area contributed by atoms with Gasteiger partial charge in [0.25, 0.3) is 0 Å². The van der Waals surface area contributed by atoms with Crippen molar-refractivity contribution in [1.29, 1.82) is 0 Å². The van der Waals surface area contributed by atoms with Gasteiger partial charge in [0.05, 0.1) is 5.25 Å². The maximum atomic E-state index is 11.9. The lowest BCUT2D eigenvalue weighted by Gasteiger charge is -2.14. The van der Waals surface area contributed by atoms with Crippen LogP contribution in [0.15, 0.2) is 0 Å². The van der Waals surface area contributed by atoms with E-state index in [2.05, 4.69) is 24.5 Å². The van der Waals surface area contributed by atoms with Crippen molar-refractivity contribution in [1.82, 2.24) is 15.5 Å². The van der Waals surface area contributed by atoms with E-state index < -0.39 is 0 Å². The summed E-state index contributed by atoms with van der Waals surface area (Å²) >= 11 is 1.39. The highest BCUT2D eigenvalue weighted by molar-refractivity contribution is 8.00. The summed E-state index contributed by atoms with van der Waals surface area (Å²) in [4.78, 5) is 36.5. The van der Waals surface area contributed by atoms with Gasteiger partial charge in [0.15, 0.2) is 0 Å². The van der Waals surface area contributed by atoms with Crippen molar-refractivity contribution < 1.29 is 14.4 Å². The third-order valence-electron chi connectivity index (χ3n) is 3.53. The number of imide groups is 1. The van der Waals surface area contributed by atoms with Crippen molar-refractivity contribution >= 4 is 29.5 Å². The first-order valence-electron chi connectivity index (χ1n) is 7.82. The van der Waals surface area contributed by atoms with Crippen LogP contribution in [0, 0.1) is 0 Å². The van der Waals surface area contributed by atoms with E-state index in [1.165, 1.54) is 16.7 Å². The summed E-state index contributed by atoms with van der Waals surface area (Å²) in [7, 11) is 0. The van der Waals surface area contributed by atoms with Crippen molar-refractivity contribution in [2.75, 3.05) is 25.9 Å². The van der Waals surface area contributed by atoms with Crippen LogP contribution in [-0.2, 0) is 14.4 Å². The van der Waals surface area contributed by atoms with E-state index in [0.717, 1.165) is 19.4 Å². The zero-order valence-corrected chi connectivity index (χ0v) is 14.5. The van der Waals surface area contributed by atoms with E-state index in [1.54, 1.807) is 0 Å². The van der Waals surface area contributed by atoms with E-state index >= 15 is 0 Å². The van der Waals surface area contributed by atoms with Gasteiger partial charge in [-0.05, 0) is 25.6 Å². The molecule has 0 aliphatic carbocycles. The highest BCUT2D eigenvalue weighted by Crippen LogP contribution is 2.22. The minimum absolute atomic E-state index is 0.106. The largest absolute Gasteiger partial charge is 0.356 e. The standard InChI is InChI=1S/C15H27N3O3S/c1-11(2)16-7-4-5-8-17-13(19)6-9-18-14(20)10-12(22-3)15(18)21/h11-12,16H,4-10H2,1-3H3,(H,17,19). The molecule has 1 heterocycles. The second-order valence-electron chi connectivity index (χ2n) is 5.73. The van der Waals surface area contributed by atoms with Gasteiger partial charge in [-0.15, -0.1) is 0 Å². The second-order valence-corrected chi connectivity index (χ2v) is 6.77. The van der Waals surface area contributed by atoms with Gasteiger partial charge in [-0.1, -0.05) is 13.8 Å². The predicted molar refractivity (Wildman–Crippen MR) is 88.6 cm³/mol. The Morgan fingerprint density at radius 1 is 1.32 bits per heavy atom. The maximum Gasteiger partial charge on any atom is 0.242 e. The number of unbranched alkanes of at least 4 members (excludes halogenated alkanes) is 1. The number of carbonyl (C=O) groups excluding carboxylic acids is 3. The lowest BCUT2D eigenvalue weighted by Crippen LogP contribution is -2.35. The number of hydrogen-bond acceptors (Lipinski definition) is 5. The van der Waals surface area contributed by atoms with Crippen LogP contribution in [-0.4, -0.2) is 59.8 Å². The van der Waals surface area contributed by atoms with E-state index in [9.17, 15) is 14.4 Å². The van der Waals surface area contributed by atoms with Crippen LogP contribution in [0.3, 0.4) is 0 Å². The molecule has 0 spiro atoms. The summed E-state index contributed by atoms with van der Waals surface area (Å²) in [6.07, 6.45) is 4.19. The first kappa shape index (κ1) is 19.0. The second kappa shape index (κ2) is 9.84. The van der Waals surface area contributed by atoms with Gasteiger partial charge in [-0.25, -0.2) is 0 Å². The monoisotopic (exact) mass is 329 g/mol. The Morgan fingerprint density at radius 2 is 2.00 bits per heavy atom. The van der Waals surface area contributed by atoms with Crippen LogP contribution < -0.4 is 10.6 Å². The van der Waals surface area contributed by atoms with E-state index in [0.29, 0.717) is 12.6 Å². The molecule has 1 saturated heterocycles. The molecule has 0 aromatic carbocycles. The molecule has 1 atom stereocenters. The van der Waals surface area contributed by atoms with Crippen LogP contribution in [0.4, 0.5) is 0 Å². The Hall–Kier alpha value is -1.08. The molecule has 22 heavy (non-hydrogen) atoms. The molecule has 2 N–H and O–H groups in total. The Morgan fingerprint density at radius 3 is 2.59 bits per heavy atom. The van der Waals surface area contributed by atoms with E-state index in [1.807, 2.05) is 6.26 Å².